The van der Waals surface area contributed by atoms with Crippen molar-refractivity contribution in [3.8, 4) is 11.5 Å². The molecule has 1 aliphatic heterocycles. The van der Waals surface area contributed by atoms with E-state index in [1.165, 1.54) is 0 Å². The predicted molar refractivity (Wildman–Crippen MR) is 91.5 cm³/mol. The van der Waals surface area contributed by atoms with Crippen LogP contribution in [-0.2, 0) is 4.79 Å². The summed E-state index contributed by atoms with van der Waals surface area (Å²) >= 11 is 0. The van der Waals surface area contributed by atoms with Gasteiger partial charge in [0.15, 0.2) is 11.5 Å². The third-order valence-corrected chi connectivity index (χ3v) is 3.87. The van der Waals surface area contributed by atoms with Crippen LogP contribution in [0.5, 0.6) is 11.5 Å². The Morgan fingerprint density at radius 2 is 1.92 bits per heavy atom. The standard InChI is InChI=1S/C18H26N2O4/c1-13(2)24-15-7-6-14(12-16(15)23-3)18(22)19-9-8-17(21)20-10-4-5-11-20/h6-7,12-13H,4-5,8-11H2,1-3H3,(H,19,22). The third-order valence-electron chi connectivity index (χ3n) is 3.87. The third kappa shape index (κ3) is 4.88. The van der Waals surface area contributed by atoms with Gasteiger partial charge in [0.1, 0.15) is 0 Å². The summed E-state index contributed by atoms with van der Waals surface area (Å²) in [6.07, 6.45) is 2.50. The van der Waals surface area contributed by atoms with E-state index in [1.807, 2.05) is 18.7 Å². The zero-order chi connectivity index (χ0) is 17.5. The van der Waals surface area contributed by atoms with Gasteiger partial charge in [-0.05, 0) is 44.9 Å². The molecule has 132 valence electrons. The smallest absolute Gasteiger partial charge is 0.251 e. The van der Waals surface area contributed by atoms with Crippen LogP contribution in [0.15, 0.2) is 18.2 Å². The minimum absolute atomic E-state index is 0.0233. The molecular weight excluding hydrogens is 308 g/mol. The molecule has 1 saturated heterocycles. The molecule has 0 spiro atoms. The first-order chi connectivity index (χ1) is 11.5. The maximum atomic E-state index is 12.2. The van der Waals surface area contributed by atoms with Crippen molar-refractivity contribution in [1.82, 2.24) is 10.2 Å². The highest BCUT2D eigenvalue weighted by atomic mass is 16.5. The lowest BCUT2D eigenvalue weighted by atomic mass is 10.2. The van der Waals surface area contributed by atoms with Crippen molar-refractivity contribution in [2.75, 3.05) is 26.7 Å². The fourth-order valence-electron chi connectivity index (χ4n) is 2.67. The Hall–Kier alpha value is -2.24. The number of likely N-dealkylation sites (tertiary alicyclic amines) is 1. The summed E-state index contributed by atoms with van der Waals surface area (Å²) in [5, 5.41) is 2.78. The highest BCUT2D eigenvalue weighted by molar-refractivity contribution is 5.95. The number of hydrogen-bond acceptors (Lipinski definition) is 4. The van der Waals surface area contributed by atoms with E-state index in [9.17, 15) is 9.59 Å². The van der Waals surface area contributed by atoms with Gasteiger partial charge >= 0.3 is 0 Å². The molecule has 1 heterocycles. The summed E-state index contributed by atoms with van der Waals surface area (Å²) < 4.78 is 10.9. The van der Waals surface area contributed by atoms with Crippen molar-refractivity contribution in [3.63, 3.8) is 0 Å². The molecule has 0 bridgehead atoms. The second-order valence-corrected chi connectivity index (χ2v) is 6.13. The molecule has 0 unspecified atom stereocenters. The summed E-state index contributed by atoms with van der Waals surface area (Å²) in [4.78, 5) is 26.0. The molecule has 24 heavy (non-hydrogen) atoms. The normalized spacial score (nSPS) is 13.9. The second kappa shape index (κ2) is 8.57. The molecule has 2 amide bonds. The Morgan fingerprint density at radius 3 is 2.54 bits per heavy atom. The van der Waals surface area contributed by atoms with Gasteiger partial charge in [0.2, 0.25) is 5.91 Å². The molecule has 1 aromatic rings. The summed E-state index contributed by atoms with van der Waals surface area (Å²) in [5.74, 6) is 1.00. The van der Waals surface area contributed by atoms with Crippen molar-refractivity contribution >= 4 is 11.8 Å². The van der Waals surface area contributed by atoms with Gasteiger partial charge in [0, 0.05) is 31.6 Å². The summed E-state index contributed by atoms with van der Waals surface area (Å²) in [6, 6.07) is 5.07. The van der Waals surface area contributed by atoms with Crippen LogP contribution in [0.4, 0.5) is 0 Å². The van der Waals surface area contributed by atoms with Crippen LogP contribution in [0.1, 0.15) is 43.5 Å². The van der Waals surface area contributed by atoms with Crippen molar-refractivity contribution in [3.05, 3.63) is 23.8 Å². The van der Waals surface area contributed by atoms with Gasteiger partial charge in [0.25, 0.3) is 5.91 Å². The molecule has 6 nitrogen and oxygen atoms in total. The van der Waals surface area contributed by atoms with Gasteiger partial charge in [0.05, 0.1) is 13.2 Å². The number of rotatable bonds is 7. The maximum Gasteiger partial charge on any atom is 0.251 e. The molecule has 0 radical (unpaired) electrons. The summed E-state index contributed by atoms with van der Waals surface area (Å²) in [7, 11) is 1.54. The molecular formula is C18H26N2O4. The van der Waals surface area contributed by atoms with Gasteiger partial charge in [-0.3, -0.25) is 9.59 Å². The van der Waals surface area contributed by atoms with Crippen LogP contribution >= 0.6 is 0 Å². The van der Waals surface area contributed by atoms with Crippen molar-refractivity contribution in [2.24, 2.45) is 0 Å². The van der Waals surface area contributed by atoms with Gasteiger partial charge in [-0.2, -0.15) is 0 Å². The molecule has 1 fully saturated rings. The number of carbonyl (C=O) groups is 2. The van der Waals surface area contributed by atoms with E-state index in [0.29, 0.717) is 30.0 Å². The van der Waals surface area contributed by atoms with Crippen molar-refractivity contribution in [2.45, 2.75) is 39.2 Å². The highest BCUT2D eigenvalue weighted by Crippen LogP contribution is 2.28. The maximum absolute atomic E-state index is 12.2. The largest absolute Gasteiger partial charge is 0.493 e. The van der Waals surface area contributed by atoms with E-state index in [2.05, 4.69) is 5.32 Å². The van der Waals surface area contributed by atoms with Crippen LogP contribution in [0.2, 0.25) is 0 Å². The molecule has 0 saturated carbocycles. The molecule has 1 N–H and O–H groups in total. The average Bonchev–Trinajstić information content (AvgIpc) is 3.09. The number of hydrogen-bond donors (Lipinski definition) is 1. The van der Waals surface area contributed by atoms with Crippen LogP contribution in [0.25, 0.3) is 0 Å². The van der Waals surface area contributed by atoms with E-state index >= 15 is 0 Å². The Morgan fingerprint density at radius 1 is 1.21 bits per heavy atom. The topological polar surface area (TPSA) is 67.9 Å². The molecule has 2 rings (SSSR count). The van der Waals surface area contributed by atoms with Crippen LogP contribution in [-0.4, -0.2) is 49.6 Å². The second-order valence-electron chi connectivity index (χ2n) is 6.13. The monoisotopic (exact) mass is 334 g/mol. The van der Waals surface area contributed by atoms with Gasteiger partial charge in [-0.15, -0.1) is 0 Å². The lowest BCUT2D eigenvalue weighted by Crippen LogP contribution is -2.32. The van der Waals surface area contributed by atoms with E-state index < -0.39 is 0 Å². The fourth-order valence-corrected chi connectivity index (χ4v) is 2.67. The first kappa shape index (κ1) is 18.1. The number of nitrogens with one attached hydrogen (secondary N) is 1. The minimum atomic E-state index is -0.224. The number of methoxy groups -OCH3 is 1. The van der Waals surface area contributed by atoms with Crippen LogP contribution < -0.4 is 14.8 Å². The lowest BCUT2D eigenvalue weighted by Gasteiger charge is -2.16. The highest BCUT2D eigenvalue weighted by Gasteiger charge is 2.18. The number of nitrogens with zero attached hydrogens (tertiary/aromatic N) is 1. The van der Waals surface area contributed by atoms with Gasteiger partial charge < -0.3 is 19.7 Å². The first-order valence-electron chi connectivity index (χ1n) is 8.42. The SMILES string of the molecule is COc1cc(C(=O)NCCC(=O)N2CCCC2)ccc1OC(C)C. The average molecular weight is 334 g/mol. The van der Waals surface area contributed by atoms with Crippen molar-refractivity contribution in [1.29, 1.82) is 0 Å². The Labute approximate surface area is 143 Å². The molecule has 1 aliphatic rings. The minimum Gasteiger partial charge on any atom is -0.493 e. The Balaban J connectivity index is 1.88. The summed E-state index contributed by atoms with van der Waals surface area (Å²) in [6.45, 7) is 5.86. The lowest BCUT2D eigenvalue weighted by molar-refractivity contribution is -0.129. The number of ether oxygens (including phenoxy) is 2. The number of benzene rings is 1. The first-order valence-corrected chi connectivity index (χ1v) is 8.42. The van der Waals surface area contributed by atoms with E-state index in [0.717, 1.165) is 25.9 Å². The Kier molecular flexibility index (Phi) is 6.46. The number of carbonyl (C=O) groups excluding carboxylic acids is 2. The molecule has 1 aromatic carbocycles. The van der Waals surface area contributed by atoms with E-state index in [1.54, 1.807) is 25.3 Å². The molecule has 0 aliphatic carbocycles. The fraction of sp³-hybridized carbons (Fsp3) is 0.556. The molecule has 0 atom stereocenters. The van der Waals surface area contributed by atoms with Gasteiger partial charge in [-0.25, -0.2) is 0 Å². The van der Waals surface area contributed by atoms with Crippen molar-refractivity contribution < 1.29 is 19.1 Å². The zero-order valence-electron chi connectivity index (χ0n) is 14.6. The van der Waals surface area contributed by atoms with Crippen LogP contribution in [0, 0.1) is 0 Å². The zero-order valence-corrected chi connectivity index (χ0v) is 14.6. The van der Waals surface area contributed by atoms with Crippen LogP contribution in [0.3, 0.4) is 0 Å². The quantitative estimate of drug-likeness (QED) is 0.830. The molecule has 0 aromatic heterocycles. The van der Waals surface area contributed by atoms with E-state index in [4.69, 9.17) is 9.47 Å². The summed E-state index contributed by atoms with van der Waals surface area (Å²) in [5.41, 5.74) is 0.483. The predicted octanol–water partition coefficient (Wildman–Crippen LogP) is 2.22. The van der Waals surface area contributed by atoms with E-state index in [-0.39, 0.29) is 17.9 Å². The molecule has 6 heteroatoms. The number of amides is 2. The Bertz CT molecular complexity index is 580. The van der Waals surface area contributed by atoms with Gasteiger partial charge in [-0.1, -0.05) is 0 Å².